The van der Waals surface area contributed by atoms with Crippen LogP contribution in [0.1, 0.15) is 0 Å². The second-order valence-corrected chi connectivity index (χ2v) is 16.3. The Balaban J connectivity index is 0.992. The van der Waals surface area contributed by atoms with Gasteiger partial charge in [0, 0.05) is 44.2 Å². The van der Waals surface area contributed by atoms with Gasteiger partial charge in [-0.3, -0.25) is 0 Å². The zero-order valence-corrected chi connectivity index (χ0v) is 36.0. The molecule has 0 saturated heterocycles. The van der Waals surface area contributed by atoms with Crippen molar-refractivity contribution in [3.8, 4) is 102 Å². The summed E-state index contributed by atoms with van der Waals surface area (Å²) in [5, 5.41) is 1.95. The SMILES string of the molecule is c1ccc(-c2cc(-c3ccccc3)cc(-c3nc(-c4ccccc4)nc(-c4cccc(-c5cccc6oc7ccc(-c8nc(-c9ccccc9)nc(-c9ccccc9)n8)cc7c56)c4)n3)c2)cc1. The van der Waals surface area contributed by atoms with Crippen molar-refractivity contribution in [1.82, 2.24) is 29.9 Å². The van der Waals surface area contributed by atoms with Crippen LogP contribution >= 0.6 is 0 Å². The Labute approximate surface area is 386 Å². The minimum absolute atomic E-state index is 0.571. The molecule has 0 bridgehead atoms. The molecular weight excluding hydrogens is 821 g/mol. The monoisotopic (exact) mass is 858 g/mol. The molecule has 0 spiro atoms. The summed E-state index contributed by atoms with van der Waals surface area (Å²) in [4.78, 5) is 30.5. The van der Waals surface area contributed by atoms with E-state index in [4.69, 9.17) is 34.3 Å². The van der Waals surface area contributed by atoms with Gasteiger partial charge in [-0.1, -0.05) is 182 Å². The van der Waals surface area contributed by atoms with Crippen LogP contribution in [0.2, 0.25) is 0 Å². The molecule has 7 nitrogen and oxygen atoms in total. The van der Waals surface area contributed by atoms with Gasteiger partial charge < -0.3 is 4.42 Å². The molecule has 0 aliphatic rings. The van der Waals surface area contributed by atoms with Gasteiger partial charge in [0.2, 0.25) is 0 Å². The van der Waals surface area contributed by atoms with Crippen LogP contribution < -0.4 is 0 Å². The zero-order valence-electron chi connectivity index (χ0n) is 36.0. The molecule has 7 heteroatoms. The molecule has 314 valence electrons. The van der Waals surface area contributed by atoms with Crippen molar-refractivity contribution in [3.63, 3.8) is 0 Å². The summed E-state index contributed by atoms with van der Waals surface area (Å²) >= 11 is 0. The van der Waals surface area contributed by atoms with Gasteiger partial charge >= 0.3 is 0 Å². The topological polar surface area (TPSA) is 90.5 Å². The van der Waals surface area contributed by atoms with Crippen molar-refractivity contribution in [2.45, 2.75) is 0 Å². The molecule has 12 aromatic rings. The van der Waals surface area contributed by atoms with Gasteiger partial charge in [-0.15, -0.1) is 0 Å². The fraction of sp³-hybridized carbons (Fsp3) is 0. The fourth-order valence-corrected chi connectivity index (χ4v) is 8.67. The lowest BCUT2D eigenvalue weighted by atomic mass is 9.95. The van der Waals surface area contributed by atoms with Crippen molar-refractivity contribution in [2.75, 3.05) is 0 Å². The quantitative estimate of drug-likeness (QED) is 0.143. The minimum atomic E-state index is 0.571. The Morgan fingerprint density at radius 1 is 0.224 bits per heavy atom. The number of benzene rings is 9. The molecule has 0 aliphatic carbocycles. The summed E-state index contributed by atoms with van der Waals surface area (Å²) in [7, 11) is 0. The van der Waals surface area contributed by atoms with Gasteiger partial charge in [0.25, 0.3) is 0 Å². The van der Waals surface area contributed by atoms with Crippen LogP contribution in [-0.4, -0.2) is 29.9 Å². The van der Waals surface area contributed by atoms with Crippen LogP contribution in [-0.2, 0) is 0 Å². The predicted molar refractivity (Wildman–Crippen MR) is 269 cm³/mol. The van der Waals surface area contributed by atoms with Crippen LogP contribution in [0.15, 0.2) is 235 Å². The van der Waals surface area contributed by atoms with Crippen LogP contribution in [0.4, 0.5) is 0 Å². The van der Waals surface area contributed by atoms with Crippen molar-refractivity contribution in [1.29, 1.82) is 0 Å². The third-order valence-electron chi connectivity index (χ3n) is 12.0. The van der Waals surface area contributed by atoms with E-state index in [1.165, 1.54) is 0 Å². The van der Waals surface area contributed by atoms with E-state index in [9.17, 15) is 0 Å². The Kier molecular flexibility index (Phi) is 10.0. The molecule has 12 rings (SSSR count). The van der Waals surface area contributed by atoms with Gasteiger partial charge in [-0.05, 0) is 81.9 Å². The molecule has 0 aliphatic heterocycles. The molecular formula is C60H38N6O. The molecule has 0 fully saturated rings. The highest BCUT2D eigenvalue weighted by Gasteiger charge is 2.19. The number of fused-ring (bicyclic) bond motifs is 3. The largest absolute Gasteiger partial charge is 0.456 e. The summed E-state index contributed by atoms with van der Waals surface area (Å²) in [5.74, 6) is 3.55. The second-order valence-electron chi connectivity index (χ2n) is 16.3. The summed E-state index contributed by atoms with van der Waals surface area (Å²) in [6.07, 6.45) is 0. The molecule has 0 atom stereocenters. The Hall–Kier alpha value is -9.20. The lowest BCUT2D eigenvalue weighted by Gasteiger charge is -2.13. The van der Waals surface area contributed by atoms with Crippen molar-refractivity contribution >= 4 is 21.9 Å². The Morgan fingerprint density at radius 2 is 0.582 bits per heavy atom. The van der Waals surface area contributed by atoms with E-state index in [-0.39, 0.29) is 0 Å². The van der Waals surface area contributed by atoms with Crippen LogP contribution in [0.3, 0.4) is 0 Å². The number of aromatic nitrogens is 6. The first-order chi connectivity index (χ1) is 33.2. The molecule has 0 amide bonds. The van der Waals surface area contributed by atoms with Crippen LogP contribution in [0.5, 0.6) is 0 Å². The first-order valence-electron chi connectivity index (χ1n) is 22.2. The maximum atomic E-state index is 6.53. The predicted octanol–water partition coefficient (Wildman–Crippen LogP) is 15.0. The van der Waals surface area contributed by atoms with Gasteiger partial charge in [0.05, 0.1) is 0 Å². The zero-order chi connectivity index (χ0) is 44.5. The van der Waals surface area contributed by atoms with Crippen LogP contribution in [0, 0.1) is 0 Å². The first kappa shape index (κ1) is 39.4. The summed E-state index contributed by atoms with van der Waals surface area (Å²) in [5.41, 5.74) is 13.3. The second kappa shape index (κ2) is 17.1. The Bertz CT molecular complexity index is 3610. The molecule has 0 radical (unpaired) electrons. The normalized spacial score (nSPS) is 11.3. The van der Waals surface area contributed by atoms with E-state index in [0.717, 1.165) is 88.7 Å². The van der Waals surface area contributed by atoms with E-state index >= 15 is 0 Å². The van der Waals surface area contributed by atoms with Gasteiger partial charge in [-0.25, -0.2) is 29.9 Å². The van der Waals surface area contributed by atoms with E-state index in [2.05, 4.69) is 103 Å². The minimum Gasteiger partial charge on any atom is -0.456 e. The molecule has 3 heterocycles. The maximum Gasteiger partial charge on any atom is 0.164 e. The maximum absolute atomic E-state index is 6.53. The fourth-order valence-electron chi connectivity index (χ4n) is 8.67. The van der Waals surface area contributed by atoms with Crippen molar-refractivity contribution in [2.24, 2.45) is 0 Å². The third kappa shape index (κ3) is 7.81. The molecule has 0 N–H and O–H groups in total. The average molecular weight is 859 g/mol. The lowest BCUT2D eigenvalue weighted by Crippen LogP contribution is -2.00. The number of nitrogens with zero attached hydrogens (tertiary/aromatic N) is 6. The summed E-state index contributed by atoms with van der Waals surface area (Å²) in [6.45, 7) is 0. The number of rotatable bonds is 9. The van der Waals surface area contributed by atoms with E-state index < -0.39 is 0 Å². The molecule has 9 aromatic carbocycles. The molecule has 0 saturated carbocycles. The number of hydrogen-bond acceptors (Lipinski definition) is 7. The molecule has 3 aromatic heterocycles. The van der Waals surface area contributed by atoms with E-state index in [1.54, 1.807) is 0 Å². The average Bonchev–Trinajstić information content (AvgIpc) is 3.80. The third-order valence-corrected chi connectivity index (χ3v) is 12.0. The van der Waals surface area contributed by atoms with Crippen molar-refractivity contribution < 1.29 is 4.42 Å². The van der Waals surface area contributed by atoms with Crippen LogP contribution in [0.25, 0.3) is 124 Å². The highest BCUT2D eigenvalue weighted by Crippen LogP contribution is 2.40. The van der Waals surface area contributed by atoms with E-state index in [1.807, 2.05) is 127 Å². The number of furan rings is 1. The smallest absolute Gasteiger partial charge is 0.164 e. The lowest BCUT2D eigenvalue weighted by molar-refractivity contribution is 0.669. The van der Waals surface area contributed by atoms with E-state index in [0.29, 0.717) is 34.9 Å². The number of hydrogen-bond donors (Lipinski definition) is 0. The highest BCUT2D eigenvalue weighted by molar-refractivity contribution is 6.13. The van der Waals surface area contributed by atoms with Crippen molar-refractivity contribution in [3.05, 3.63) is 231 Å². The molecule has 67 heavy (non-hydrogen) atoms. The van der Waals surface area contributed by atoms with Gasteiger partial charge in [-0.2, -0.15) is 0 Å². The van der Waals surface area contributed by atoms with Gasteiger partial charge in [0.15, 0.2) is 34.9 Å². The highest BCUT2D eigenvalue weighted by atomic mass is 16.3. The first-order valence-corrected chi connectivity index (χ1v) is 22.2. The summed E-state index contributed by atoms with van der Waals surface area (Å²) < 4.78 is 6.53. The standard InChI is InChI=1S/C60H38N6O/c1-6-18-39(19-7-1)47-35-48(40-20-8-2-9-21-40)37-49(36-47)60-65-57(43-26-14-5-15-27-43)62-58(66-60)45-29-16-28-44(34-45)50-30-17-31-53-54(50)51-38-46(32-33-52(51)67-53)59-63-55(41-22-10-3-11-23-41)61-56(64-59)42-24-12-4-13-25-42/h1-38H. The van der Waals surface area contributed by atoms with Gasteiger partial charge in [0.1, 0.15) is 11.2 Å². The Morgan fingerprint density at radius 3 is 1.07 bits per heavy atom. The molecule has 0 unspecified atom stereocenters. The summed E-state index contributed by atoms with van der Waals surface area (Å²) in [6, 6.07) is 78.4.